The number of likely N-dealkylation sites (N-methyl/N-ethyl adjacent to an activating group) is 1. The van der Waals surface area contributed by atoms with Gasteiger partial charge in [0.25, 0.3) is 11.8 Å². The van der Waals surface area contributed by atoms with Crippen molar-refractivity contribution in [3.63, 3.8) is 0 Å². The number of rotatable bonds is 4. The molecule has 0 atom stereocenters. The first-order valence-electron chi connectivity index (χ1n) is 9.05. The summed E-state index contributed by atoms with van der Waals surface area (Å²) >= 11 is 0. The van der Waals surface area contributed by atoms with E-state index in [0.717, 1.165) is 6.07 Å². The molecule has 3 heterocycles. The van der Waals surface area contributed by atoms with Crippen LogP contribution in [0.15, 0.2) is 29.1 Å². The number of aromatic nitrogens is 1. The van der Waals surface area contributed by atoms with Gasteiger partial charge in [0.2, 0.25) is 5.43 Å². The van der Waals surface area contributed by atoms with Crippen molar-refractivity contribution in [3.05, 3.63) is 68.6 Å². The number of aromatic hydroxyl groups is 1. The molecule has 0 saturated heterocycles. The molecule has 150 valence electrons. The van der Waals surface area contributed by atoms with Crippen LogP contribution in [0.4, 0.5) is 8.78 Å². The van der Waals surface area contributed by atoms with Crippen LogP contribution in [0.1, 0.15) is 39.0 Å². The molecule has 2 aromatic rings. The zero-order valence-corrected chi connectivity index (χ0v) is 15.5. The maximum absolute atomic E-state index is 13.8. The van der Waals surface area contributed by atoms with E-state index < -0.39 is 34.6 Å². The smallest absolute Gasteiger partial charge is 0.275 e. The molecule has 0 bridgehead atoms. The molecule has 2 N–H and O–H groups in total. The lowest BCUT2D eigenvalue weighted by Crippen LogP contribution is -2.42. The van der Waals surface area contributed by atoms with Crippen LogP contribution in [-0.2, 0) is 13.0 Å². The van der Waals surface area contributed by atoms with Gasteiger partial charge in [0.1, 0.15) is 17.2 Å². The first kappa shape index (κ1) is 18.9. The predicted octanol–water partition coefficient (Wildman–Crippen LogP) is 1.63. The molecule has 1 aromatic carbocycles. The van der Waals surface area contributed by atoms with Gasteiger partial charge in [-0.2, -0.15) is 0 Å². The summed E-state index contributed by atoms with van der Waals surface area (Å²) in [5.74, 6) is -3.65. The number of carbonyl (C=O) groups is 2. The second-order valence-corrected chi connectivity index (χ2v) is 6.82. The Morgan fingerprint density at radius 3 is 2.72 bits per heavy atom. The van der Waals surface area contributed by atoms with Crippen LogP contribution >= 0.6 is 0 Å². The number of allylic oxidation sites excluding steroid dienone is 1. The molecule has 4 rings (SSSR count). The quantitative estimate of drug-likeness (QED) is 0.815. The van der Waals surface area contributed by atoms with Crippen LogP contribution in [0.5, 0.6) is 5.75 Å². The molecular weight excluding hydrogens is 384 g/mol. The van der Waals surface area contributed by atoms with Crippen molar-refractivity contribution in [2.45, 2.75) is 19.9 Å². The molecular formula is C20H17F2N3O4. The molecule has 0 aliphatic carbocycles. The SMILES string of the molecule is CCN1CC2=CCc3c(C(=O)NCc4ccc(F)cc4F)c(=O)c(O)c(n32)C1=O. The predicted molar refractivity (Wildman–Crippen MR) is 99.4 cm³/mol. The average molecular weight is 401 g/mol. The molecule has 0 saturated carbocycles. The molecule has 2 aliphatic rings. The Bertz CT molecular complexity index is 1150. The second kappa shape index (κ2) is 6.84. The highest BCUT2D eigenvalue weighted by atomic mass is 19.1. The van der Waals surface area contributed by atoms with Crippen molar-refractivity contribution in [3.8, 4) is 5.75 Å². The minimum absolute atomic E-state index is 0.0473. The Balaban J connectivity index is 1.72. The average Bonchev–Trinajstić information content (AvgIpc) is 3.09. The van der Waals surface area contributed by atoms with Gasteiger partial charge in [-0.05, 0) is 13.0 Å². The largest absolute Gasteiger partial charge is 0.503 e. The van der Waals surface area contributed by atoms with Gasteiger partial charge in [0.05, 0.1) is 6.54 Å². The zero-order valence-electron chi connectivity index (χ0n) is 15.5. The van der Waals surface area contributed by atoms with Gasteiger partial charge in [-0.1, -0.05) is 12.1 Å². The van der Waals surface area contributed by atoms with Gasteiger partial charge in [0.15, 0.2) is 11.4 Å². The minimum atomic E-state index is -0.954. The monoisotopic (exact) mass is 401 g/mol. The number of carbonyl (C=O) groups excluding carboxylic acids is 2. The summed E-state index contributed by atoms with van der Waals surface area (Å²) in [5, 5.41) is 12.8. The number of nitrogens with one attached hydrogen (secondary N) is 1. The minimum Gasteiger partial charge on any atom is -0.503 e. The van der Waals surface area contributed by atoms with Gasteiger partial charge in [-0.25, -0.2) is 8.78 Å². The number of amides is 2. The van der Waals surface area contributed by atoms with Crippen molar-refractivity contribution in [2.75, 3.05) is 13.1 Å². The van der Waals surface area contributed by atoms with Crippen LogP contribution in [0.25, 0.3) is 5.70 Å². The fourth-order valence-corrected chi connectivity index (χ4v) is 3.69. The van der Waals surface area contributed by atoms with Crippen LogP contribution in [0, 0.1) is 11.6 Å². The first-order chi connectivity index (χ1) is 13.8. The molecule has 0 fully saturated rings. The van der Waals surface area contributed by atoms with Gasteiger partial charge in [-0.3, -0.25) is 14.4 Å². The number of halogens is 2. The third-order valence-electron chi connectivity index (χ3n) is 5.17. The highest BCUT2D eigenvalue weighted by Gasteiger charge is 2.37. The highest BCUT2D eigenvalue weighted by molar-refractivity contribution is 6.02. The van der Waals surface area contributed by atoms with Gasteiger partial charge < -0.3 is 19.9 Å². The summed E-state index contributed by atoms with van der Waals surface area (Å²) in [6.07, 6.45) is 2.04. The Morgan fingerprint density at radius 2 is 2.03 bits per heavy atom. The fourth-order valence-electron chi connectivity index (χ4n) is 3.69. The number of nitrogens with zero attached hydrogens (tertiary/aromatic N) is 2. The van der Waals surface area contributed by atoms with Crippen LogP contribution in [0.3, 0.4) is 0 Å². The summed E-state index contributed by atoms with van der Waals surface area (Å²) in [6.45, 7) is 2.23. The van der Waals surface area contributed by atoms with E-state index in [2.05, 4.69) is 5.32 Å². The number of hydrogen-bond donors (Lipinski definition) is 2. The normalized spacial score (nSPS) is 14.7. The van der Waals surface area contributed by atoms with E-state index in [0.29, 0.717) is 30.5 Å². The molecule has 2 aliphatic heterocycles. The van der Waals surface area contributed by atoms with Gasteiger partial charge in [0, 0.05) is 42.5 Å². The molecule has 29 heavy (non-hydrogen) atoms. The lowest BCUT2D eigenvalue weighted by Gasteiger charge is -2.31. The van der Waals surface area contributed by atoms with Crippen molar-refractivity contribution < 1.29 is 23.5 Å². The molecule has 1 aromatic heterocycles. The summed E-state index contributed by atoms with van der Waals surface area (Å²) in [7, 11) is 0. The highest BCUT2D eigenvalue weighted by Crippen LogP contribution is 2.32. The third-order valence-corrected chi connectivity index (χ3v) is 5.17. The topological polar surface area (TPSA) is 91.6 Å². The third kappa shape index (κ3) is 2.89. The Morgan fingerprint density at radius 1 is 1.28 bits per heavy atom. The van der Waals surface area contributed by atoms with E-state index in [1.165, 1.54) is 15.5 Å². The summed E-state index contributed by atoms with van der Waals surface area (Å²) in [5.41, 5.74) is -0.347. The van der Waals surface area contributed by atoms with E-state index in [4.69, 9.17) is 0 Å². The zero-order chi connectivity index (χ0) is 20.9. The molecule has 0 radical (unpaired) electrons. The van der Waals surface area contributed by atoms with Crippen LogP contribution in [-0.4, -0.2) is 39.5 Å². The molecule has 0 spiro atoms. The lowest BCUT2D eigenvalue weighted by molar-refractivity contribution is 0.0754. The van der Waals surface area contributed by atoms with Crippen LogP contribution in [0.2, 0.25) is 0 Å². The van der Waals surface area contributed by atoms with Gasteiger partial charge >= 0.3 is 0 Å². The standard InChI is InChI=1S/C20H17F2N3O4/c1-2-24-9-12-5-6-14-15(17(26)18(27)16(20(24)29)25(12)14)19(28)23-8-10-3-4-11(21)7-13(10)22/h3-5,7,27H,2,6,8-9H2,1H3,(H,23,28). The van der Waals surface area contributed by atoms with Crippen molar-refractivity contribution >= 4 is 17.5 Å². The number of pyridine rings is 1. The fraction of sp³-hybridized carbons (Fsp3) is 0.250. The van der Waals surface area contributed by atoms with E-state index in [-0.39, 0.29) is 29.8 Å². The number of benzene rings is 1. The Hall–Kier alpha value is -3.49. The maximum Gasteiger partial charge on any atom is 0.275 e. The Labute approximate surface area is 163 Å². The first-order valence-corrected chi connectivity index (χ1v) is 9.05. The second-order valence-electron chi connectivity index (χ2n) is 6.82. The molecule has 9 heteroatoms. The van der Waals surface area contributed by atoms with Crippen molar-refractivity contribution in [2.24, 2.45) is 0 Å². The molecule has 2 amide bonds. The van der Waals surface area contributed by atoms with Crippen molar-refractivity contribution in [1.82, 2.24) is 14.8 Å². The van der Waals surface area contributed by atoms with E-state index in [9.17, 15) is 28.3 Å². The lowest BCUT2D eigenvalue weighted by atomic mass is 10.1. The molecule has 7 nitrogen and oxygen atoms in total. The van der Waals surface area contributed by atoms with E-state index in [1.54, 1.807) is 13.0 Å². The van der Waals surface area contributed by atoms with Crippen molar-refractivity contribution in [1.29, 1.82) is 0 Å². The summed E-state index contributed by atoms with van der Waals surface area (Å²) in [4.78, 5) is 39.5. The summed E-state index contributed by atoms with van der Waals surface area (Å²) in [6, 6.07) is 2.95. The summed E-state index contributed by atoms with van der Waals surface area (Å²) < 4.78 is 28.3. The van der Waals surface area contributed by atoms with E-state index >= 15 is 0 Å². The maximum atomic E-state index is 13.8. The molecule has 0 unspecified atom stereocenters. The number of hydrogen-bond acceptors (Lipinski definition) is 4. The Kier molecular flexibility index (Phi) is 4.45. The van der Waals surface area contributed by atoms with E-state index in [1.807, 2.05) is 0 Å². The van der Waals surface area contributed by atoms with Gasteiger partial charge in [-0.15, -0.1) is 0 Å². The van der Waals surface area contributed by atoms with Crippen LogP contribution < -0.4 is 10.7 Å².